The minimum atomic E-state index is -0.321. The summed E-state index contributed by atoms with van der Waals surface area (Å²) in [6, 6.07) is 5.22. The molecule has 0 saturated heterocycles. The third-order valence-corrected chi connectivity index (χ3v) is 3.54. The summed E-state index contributed by atoms with van der Waals surface area (Å²) >= 11 is 0. The number of halogens is 1. The number of rotatable bonds is 3. The Balaban J connectivity index is 1.93. The normalized spacial score (nSPS) is 23.2. The second-order valence-electron chi connectivity index (χ2n) is 4.65. The summed E-state index contributed by atoms with van der Waals surface area (Å²) in [5.74, 6) is 0.0636. The molecule has 3 rings (SSSR count). The van der Waals surface area contributed by atoms with Crippen LogP contribution >= 0.6 is 0 Å². The molecule has 1 aromatic heterocycles. The van der Waals surface area contributed by atoms with Gasteiger partial charge in [-0.1, -0.05) is 6.07 Å². The highest BCUT2D eigenvalue weighted by molar-refractivity contribution is 5.79. The van der Waals surface area contributed by atoms with E-state index in [1.165, 1.54) is 6.07 Å². The maximum Gasteiger partial charge on any atom is 0.201 e. The van der Waals surface area contributed by atoms with Gasteiger partial charge >= 0.3 is 0 Å². The van der Waals surface area contributed by atoms with Gasteiger partial charge in [0, 0.05) is 12.6 Å². The molecule has 1 aliphatic rings. The van der Waals surface area contributed by atoms with Crippen LogP contribution in [0.5, 0.6) is 0 Å². The van der Waals surface area contributed by atoms with Crippen LogP contribution in [0.2, 0.25) is 0 Å². The first-order valence-electron chi connectivity index (χ1n) is 6.24. The number of anilines is 1. The van der Waals surface area contributed by atoms with Crippen molar-refractivity contribution in [1.82, 2.24) is 9.55 Å². The van der Waals surface area contributed by atoms with Crippen LogP contribution in [0.4, 0.5) is 10.3 Å². The van der Waals surface area contributed by atoms with Gasteiger partial charge < -0.3 is 15.0 Å². The number of nitrogen functional groups attached to an aromatic ring is 1. The first-order chi connectivity index (χ1) is 8.70. The summed E-state index contributed by atoms with van der Waals surface area (Å²) in [5, 5.41) is 0. The SMILES string of the molecule is CCOC1CC(n2c(N)nc3c(F)cccc32)C1. The highest BCUT2D eigenvalue weighted by atomic mass is 19.1. The van der Waals surface area contributed by atoms with Crippen molar-refractivity contribution in [2.45, 2.75) is 31.9 Å². The van der Waals surface area contributed by atoms with Gasteiger partial charge in [0.2, 0.25) is 5.95 Å². The molecule has 18 heavy (non-hydrogen) atoms. The fourth-order valence-corrected chi connectivity index (χ4v) is 2.61. The average molecular weight is 249 g/mol. The molecule has 1 heterocycles. The van der Waals surface area contributed by atoms with Gasteiger partial charge in [0.05, 0.1) is 11.6 Å². The molecule has 0 amide bonds. The Bertz CT molecular complexity index is 575. The van der Waals surface area contributed by atoms with E-state index in [-0.39, 0.29) is 11.9 Å². The fourth-order valence-electron chi connectivity index (χ4n) is 2.61. The Kier molecular flexibility index (Phi) is 2.70. The minimum absolute atomic E-state index is 0.272. The van der Waals surface area contributed by atoms with Gasteiger partial charge in [0.15, 0.2) is 5.82 Å². The quantitative estimate of drug-likeness (QED) is 0.909. The molecule has 5 heteroatoms. The van der Waals surface area contributed by atoms with Crippen molar-refractivity contribution in [3.8, 4) is 0 Å². The third-order valence-electron chi connectivity index (χ3n) is 3.54. The maximum atomic E-state index is 13.6. The number of benzene rings is 1. The van der Waals surface area contributed by atoms with E-state index in [2.05, 4.69) is 4.98 Å². The lowest BCUT2D eigenvalue weighted by Crippen LogP contribution is -2.33. The third kappa shape index (κ3) is 1.66. The van der Waals surface area contributed by atoms with Gasteiger partial charge in [-0.25, -0.2) is 9.37 Å². The Morgan fingerprint density at radius 1 is 1.50 bits per heavy atom. The van der Waals surface area contributed by atoms with E-state index >= 15 is 0 Å². The van der Waals surface area contributed by atoms with E-state index in [4.69, 9.17) is 10.5 Å². The predicted molar refractivity (Wildman–Crippen MR) is 67.8 cm³/mol. The second kappa shape index (κ2) is 4.24. The summed E-state index contributed by atoms with van der Waals surface area (Å²) in [6.45, 7) is 2.72. The monoisotopic (exact) mass is 249 g/mol. The second-order valence-corrected chi connectivity index (χ2v) is 4.65. The van der Waals surface area contributed by atoms with Gasteiger partial charge in [-0.3, -0.25) is 0 Å². The van der Waals surface area contributed by atoms with Crippen molar-refractivity contribution in [3.63, 3.8) is 0 Å². The number of ether oxygens (including phenoxy) is 1. The summed E-state index contributed by atoms with van der Waals surface area (Å²) in [7, 11) is 0. The molecule has 0 atom stereocenters. The van der Waals surface area contributed by atoms with E-state index in [1.54, 1.807) is 6.07 Å². The predicted octanol–water partition coefficient (Wildman–Crippen LogP) is 2.50. The zero-order chi connectivity index (χ0) is 12.7. The maximum absolute atomic E-state index is 13.6. The highest BCUT2D eigenvalue weighted by Gasteiger charge is 2.33. The zero-order valence-electron chi connectivity index (χ0n) is 10.3. The summed E-state index contributed by atoms with van der Waals surface area (Å²) < 4.78 is 21.1. The number of hydrogen-bond donors (Lipinski definition) is 1. The van der Waals surface area contributed by atoms with Crippen LogP contribution in [0.1, 0.15) is 25.8 Å². The lowest BCUT2D eigenvalue weighted by atomic mass is 9.89. The van der Waals surface area contributed by atoms with Crippen molar-refractivity contribution >= 4 is 17.0 Å². The van der Waals surface area contributed by atoms with Crippen LogP contribution in [0.15, 0.2) is 18.2 Å². The van der Waals surface area contributed by atoms with Crippen molar-refractivity contribution < 1.29 is 9.13 Å². The van der Waals surface area contributed by atoms with Crippen LogP contribution in [0, 0.1) is 5.82 Å². The molecule has 4 nitrogen and oxygen atoms in total. The van der Waals surface area contributed by atoms with Gasteiger partial charge in [-0.2, -0.15) is 0 Å². The first-order valence-corrected chi connectivity index (χ1v) is 6.24. The minimum Gasteiger partial charge on any atom is -0.378 e. The van der Waals surface area contributed by atoms with Crippen molar-refractivity contribution in [3.05, 3.63) is 24.0 Å². The molecule has 1 fully saturated rings. The summed E-state index contributed by atoms with van der Waals surface area (Å²) in [6.07, 6.45) is 2.13. The Morgan fingerprint density at radius 3 is 3.00 bits per heavy atom. The lowest BCUT2D eigenvalue weighted by molar-refractivity contribution is -0.0181. The number of hydrogen-bond acceptors (Lipinski definition) is 3. The molecule has 0 radical (unpaired) electrons. The molecular formula is C13H16FN3O. The van der Waals surface area contributed by atoms with E-state index in [1.807, 2.05) is 17.6 Å². The molecule has 0 spiro atoms. The van der Waals surface area contributed by atoms with Crippen molar-refractivity contribution in [1.29, 1.82) is 0 Å². The largest absolute Gasteiger partial charge is 0.378 e. The van der Waals surface area contributed by atoms with Crippen molar-refractivity contribution in [2.24, 2.45) is 0 Å². The highest BCUT2D eigenvalue weighted by Crippen LogP contribution is 2.38. The van der Waals surface area contributed by atoms with Crippen LogP contribution < -0.4 is 5.73 Å². The number of nitrogens with zero attached hydrogens (tertiary/aromatic N) is 2. The van der Waals surface area contributed by atoms with E-state index in [0.29, 0.717) is 17.6 Å². The van der Waals surface area contributed by atoms with Gasteiger partial charge in [-0.05, 0) is 31.9 Å². The van der Waals surface area contributed by atoms with Gasteiger partial charge in [0.1, 0.15) is 5.52 Å². The molecule has 1 saturated carbocycles. The Labute approximate surface area is 105 Å². The first kappa shape index (κ1) is 11.5. The fraction of sp³-hybridized carbons (Fsp3) is 0.462. The number of nitrogens with two attached hydrogens (primary N) is 1. The standard InChI is InChI=1S/C13H16FN3O/c1-2-18-9-6-8(7-9)17-11-5-3-4-10(14)12(11)16-13(17)15/h3-5,8-9H,2,6-7H2,1H3,(H2,15,16). The molecule has 0 unspecified atom stereocenters. The summed E-state index contributed by atoms with van der Waals surface area (Å²) in [4.78, 5) is 4.11. The van der Waals surface area contributed by atoms with E-state index in [9.17, 15) is 4.39 Å². The Hall–Kier alpha value is -1.62. The van der Waals surface area contributed by atoms with Crippen LogP contribution in [0.25, 0.3) is 11.0 Å². The van der Waals surface area contributed by atoms with Crippen LogP contribution in [-0.2, 0) is 4.74 Å². The molecule has 2 N–H and O–H groups in total. The Morgan fingerprint density at radius 2 is 2.28 bits per heavy atom. The topological polar surface area (TPSA) is 53.1 Å². The zero-order valence-corrected chi connectivity index (χ0v) is 10.3. The molecule has 1 aromatic carbocycles. The number of fused-ring (bicyclic) bond motifs is 1. The van der Waals surface area contributed by atoms with Crippen LogP contribution in [0.3, 0.4) is 0 Å². The molecular weight excluding hydrogens is 233 g/mol. The number of aromatic nitrogens is 2. The molecule has 1 aliphatic carbocycles. The number of para-hydroxylation sites is 1. The average Bonchev–Trinajstić information content (AvgIpc) is 2.62. The smallest absolute Gasteiger partial charge is 0.201 e. The van der Waals surface area contributed by atoms with Gasteiger partial charge in [0.25, 0.3) is 0 Å². The summed E-state index contributed by atoms with van der Waals surface area (Å²) in [5.41, 5.74) is 7.02. The van der Waals surface area contributed by atoms with Gasteiger partial charge in [-0.15, -0.1) is 0 Å². The number of imidazole rings is 1. The van der Waals surface area contributed by atoms with E-state index in [0.717, 1.165) is 25.0 Å². The molecule has 96 valence electrons. The van der Waals surface area contributed by atoms with E-state index < -0.39 is 0 Å². The molecule has 2 aromatic rings. The molecule has 0 bridgehead atoms. The van der Waals surface area contributed by atoms with Crippen molar-refractivity contribution in [2.75, 3.05) is 12.3 Å². The van der Waals surface area contributed by atoms with Crippen LogP contribution in [-0.4, -0.2) is 22.3 Å². The lowest BCUT2D eigenvalue weighted by Gasteiger charge is -2.36. The molecule has 0 aliphatic heterocycles.